The second-order valence-corrected chi connectivity index (χ2v) is 6.02. The number of amides is 2. The predicted octanol–water partition coefficient (Wildman–Crippen LogP) is 1.95. The van der Waals surface area contributed by atoms with Crippen molar-refractivity contribution in [3.05, 3.63) is 0 Å². The second-order valence-electron chi connectivity index (χ2n) is 6.02. The van der Waals surface area contributed by atoms with Crippen LogP contribution in [0.4, 0.5) is 0 Å². The van der Waals surface area contributed by atoms with Crippen molar-refractivity contribution in [3.63, 3.8) is 0 Å². The van der Waals surface area contributed by atoms with Gasteiger partial charge in [-0.1, -0.05) is 20.8 Å². The van der Waals surface area contributed by atoms with Gasteiger partial charge in [-0.3, -0.25) is 9.59 Å². The monoisotopic (exact) mass is 333 g/mol. The van der Waals surface area contributed by atoms with E-state index in [1.807, 2.05) is 4.90 Å². The van der Waals surface area contributed by atoms with Crippen molar-refractivity contribution in [1.29, 1.82) is 0 Å². The highest BCUT2D eigenvalue weighted by Crippen LogP contribution is 2.11. The lowest BCUT2D eigenvalue weighted by Crippen LogP contribution is -2.50. The summed E-state index contributed by atoms with van der Waals surface area (Å²) in [5, 5.41) is 6.35. The van der Waals surface area contributed by atoms with E-state index in [2.05, 4.69) is 31.4 Å². The van der Waals surface area contributed by atoms with Crippen LogP contribution < -0.4 is 10.6 Å². The van der Waals surface area contributed by atoms with Gasteiger partial charge in [0, 0.05) is 38.5 Å². The maximum Gasteiger partial charge on any atom is 0.223 e. The van der Waals surface area contributed by atoms with Crippen LogP contribution in [0.2, 0.25) is 0 Å². The molecule has 6 heteroatoms. The smallest absolute Gasteiger partial charge is 0.223 e. The molecule has 0 bridgehead atoms. The molecule has 1 aliphatic heterocycles. The first kappa shape index (κ1) is 21.2. The molecule has 0 radical (unpaired) electrons. The van der Waals surface area contributed by atoms with E-state index in [0.717, 1.165) is 45.4 Å². The summed E-state index contributed by atoms with van der Waals surface area (Å²) in [4.78, 5) is 26.0. The Morgan fingerprint density at radius 1 is 1.18 bits per heavy atom. The topological polar surface area (TPSA) is 61.4 Å². The van der Waals surface area contributed by atoms with Crippen LogP contribution in [-0.2, 0) is 9.59 Å². The van der Waals surface area contributed by atoms with Gasteiger partial charge in [0.15, 0.2) is 0 Å². The Morgan fingerprint density at radius 2 is 1.82 bits per heavy atom. The zero-order valence-electron chi connectivity index (χ0n) is 14.2. The minimum absolute atomic E-state index is 0. The number of hydrogen-bond acceptors (Lipinski definition) is 3. The molecule has 2 unspecified atom stereocenters. The molecule has 1 saturated heterocycles. The molecule has 0 aromatic rings. The van der Waals surface area contributed by atoms with Crippen LogP contribution in [0, 0.1) is 5.92 Å². The molecule has 2 amide bonds. The summed E-state index contributed by atoms with van der Waals surface area (Å²) in [6.45, 7) is 9.74. The van der Waals surface area contributed by atoms with E-state index in [1.165, 1.54) is 0 Å². The summed E-state index contributed by atoms with van der Waals surface area (Å²) in [6, 6.07) is 0.198. The molecule has 22 heavy (non-hydrogen) atoms. The zero-order chi connectivity index (χ0) is 15.7. The quantitative estimate of drug-likeness (QED) is 0.713. The van der Waals surface area contributed by atoms with E-state index in [4.69, 9.17) is 0 Å². The first-order valence-electron chi connectivity index (χ1n) is 8.36. The highest BCUT2D eigenvalue weighted by molar-refractivity contribution is 5.85. The third-order valence-corrected chi connectivity index (χ3v) is 4.08. The summed E-state index contributed by atoms with van der Waals surface area (Å²) in [6.07, 6.45) is 3.63. The highest BCUT2D eigenvalue weighted by atomic mass is 35.5. The van der Waals surface area contributed by atoms with E-state index >= 15 is 0 Å². The SMILES string of the molecule is CCCN(CCC)C(=O)CCC(=O)NC1CNCCC1C.Cl. The normalized spacial score (nSPS) is 20.9. The number of carbonyl (C=O) groups is 2. The third kappa shape index (κ3) is 7.45. The zero-order valence-corrected chi connectivity index (χ0v) is 15.0. The summed E-state index contributed by atoms with van der Waals surface area (Å²) in [5.41, 5.74) is 0. The third-order valence-electron chi connectivity index (χ3n) is 4.08. The van der Waals surface area contributed by atoms with E-state index in [1.54, 1.807) is 0 Å². The molecule has 130 valence electrons. The van der Waals surface area contributed by atoms with Gasteiger partial charge in [-0.05, 0) is 31.7 Å². The molecular formula is C16H32ClN3O2. The average Bonchev–Trinajstić information content (AvgIpc) is 2.47. The molecule has 1 rings (SSSR count). The molecular weight excluding hydrogens is 302 g/mol. The van der Waals surface area contributed by atoms with E-state index in [9.17, 15) is 9.59 Å². The number of halogens is 1. The number of carbonyl (C=O) groups excluding carboxylic acids is 2. The Kier molecular flexibility index (Phi) is 11.3. The van der Waals surface area contributed by atoms with Crippen molar-refractivity contribution in [3.8, 4) is 0 Å². The van der Waals surface area contributed by atoms with Gasteiger partial charge in [0.25, 0.3) is 0 Å². The number of hydrogen-bond donors (Lipinski definition) is 2. The van der Waals surface area contributed by atoms with Gasteiger partial charge in [0.05, 0.1) is 0 Å². The van der Waals surface area contributed by atoms with Crippen molar-refractivity contribution in [1.82, 2.24) is 15.5 Å². The molecule has 2 atom stereocenters. The Morgan fingerprint density at radius 3 is 2.36 bits per heavy atom. The minimum Gasteiger partial charge on any atom is -0.352 e. The predicted molar refractivity (Wildman–Crippen MR) is 92.2 cm³/mol. The summed E-state index contributed by atoms with van der Waals surface area (Å²) >= 11 is 0. The molecule has 5 nitrogen and oxygen atoms in total. The molecule has 1 aliphatic rings. The standard InChI is InChI=1S/C16H31N3O2.ClH/c1-4-10-19(11-5-2)16(21)7-6-15(20)18-14-12-17-9-8-13(14)3;/h13-14,17H,4-12H2,1-3H3,(H,18,20);1H. The lowest BCUT2D eigenvalue weighted by atomic mass is 9.94. The first-order valence-corrected chi connectivity index (χ1v) is 8.36. The van der Waals surface area contributed by atoms with Crippen LogP contribution in [0.25, 0.3) is 0 Å². The highest BCUT2D eigenvalue weighted by Gasteiger charge is 2.23. The molecule has 2 N–H and O–H groups in total. The van der Waals surface area contributed by atoms with Gasteiger partial charge >= 0.3 is 0 Å². The van der Waals surface area contributed by atoms with E-state index in [0.29, 0.717) is 18.8 Å². The summed E-state index contributed by atoms with van der Waals surface area (Å²) < 4.78 is 0. The van der Waals surface area contributed by atoms with Crippen molar-refractivity contribution in [2.45, 2.75) is 58.9 Å². The van der Waals surface area contributed by atoms with Gasteiger partial charge in [-0.25, -0.2) is 0 Å². The second kappa shape index (κ2) is 11.7. The fourth-order valence-corrected chi connectivity index (χ4v) is 2.74. The Balaban J connectivity index is 0.00000441. The Hall–Kier alpha value is -0.810. The van der Waals surface area contributed by atoms with Crippen molar-refractivity contribution < 1.29 is 9.59 Å². The van der Waals surface area contributed by atoms with Crippen molar-refractivity contribution in [2.75, 3.05) is 26.2 Å². The van der Waals surface area contributed by atoms with Gasteiger partial charge < -0.3 is 15.5 Å². The average molecular weight is 334 g/mol. The van der Waals surface area contributed by atoms with Gasteiger partial charge in [0.1, 0.15) is 0 Å². The number of nitrogens with zero attached hydrogens (tertiary/aromatic N) is 1. The summed E-state index contributed by atoms with van der Waals surface area (Å²) in [5.74, 6) is 0.600. The number of rotatable bonds is 8. The van der Waals surface area contributed by atoms with Crippen LogP contribution in [0.5, 0.6) is 0 Å². The summed E-state index contributed by atoms with van der Waals surface area (Å²) in [7, 11) is 0. The van der Waals surface area contributed by atoms with Gasteiger partial charge in [0.2, 0.25) is 11.8 Å². The maximum absolute atomic E-state index is 12.1. The van der Waals surface area contributed by atoms with Crippen LogP contribution in [0.3, 0.4) is 0 Å². The molecule has 1 heterocycles. The van der Waals surface area contributed by atoms with Crippen LogP contribution in [0.15, 0.2) is 0 Å². The molecule has 0 spiro atoms. The van der Waals surface area contributed by atoms with Gasteiger partial charge in [-0.2, -0.15) is 0 Å². The van der Waals surface area contributed by atoms with Crippen LogP contribution in [-0.4, -0.2) is 48.9 Å². The lowest BCUT2D eigenvalue weighted by Gasteiger charge is -2.30. The van der Waals surface area contributed by atoms with E-state index < -0.39 is 0 Å². The minimum atomic E-state index is -0.00292. The van der Waals surface area contributed by atoms with Crippen molar-refractivity contribution >= 4 is 24.2 Å². The number of piperidine rings is 1. The molecule has 0 saturated carbocycles. The fourth-order valence-electron chi connectivity index (χ4n) is 2.74. The molecule has 0 aliphatic carbocycles. The van der Waals surface area contributed by atoms with Crippen LogP contribution in [0.1, 0.15) is 52.9 Å². The van der Waals surface area contributed by atoms with Crippen molar-refractivity contribution in [2.24, 2.45) is 5.92 Å². The molecule has 1 fully saturated rings. The molecule has 0 aromatic carbocycles. The lowest BCUT2D eigenvalue weighted by molar-refractivity contribution is -0.133. The number of nitrogens with one attached hydrogen (secondary N) is 2. The van der Waals surface area contributed by atoms with E-state index in [-0.39, 0.29) is 30.3 Å². The fraction of sp³-hybridized carbons (Fsp3) is 0.875. The Labute approximate surface area is 141 Å². The van der Waals surface area contributed by atoms with Crippen LogP contribution >= 0.6 is 12.4 Å². The van der Waals surface area contributed by atoms with Gasteiger partial charge in [-0.15, -0.1) is 12.4 Å². The molecule has 0 aromatic heterocycles. The maximum atomic E-state index is 12.1. The Bertz CT molecular complexity index is 333. The first-order chi connectivity index (χ1) is 10.1. The largest absolute Gasteiger partial charge is 0.352 e.